The van der Waals surface area contributed by atoms with E-state index in [1.807, 2.05) is 0 Å². The molecule has 1 aromatic rings. The third kappa shape index (κ3) is 2.77. The number of aryl methyl sites for hydroxylation is 1. The molecule has 0 aromatic heterocycles. The van der Waals surface area contributed by atoms with Crippen LogP contribution in [0.3, 0.4) is 0 Å². The summed E-state index contributed by atoms with van der Waals surface area (Å²) in [5.41, 5.74) is 7.60. The Morgan fingerprint density at radius 3 is 2.95 bits per heavy atom. The normalized spacial score (nSPS) is 16.6. The van der Waals surface area contributed by atoms with Crippen molar-refractivity contribution in [3.8, 4) is 0 Å². The topological polar surface area (TPSA) is 12.0 Å². The van der Waals surface area contributed by atoms with Crippen LogP contribution in [0.4, 0.5) is 5.69 Å². The zero-order valence-electron chi connectivity index (χ0n) is 11.9. The Morgan fingerprint density at radius 1 is 1.25 bits per heavy atom. The predicted octanol–water partition coefficient (Wildman–Crippen LogP) is 5.24. The Labute approximate surface area is 121 Å². The minimum absolute atomic E-state index is 1.02. The van der Waals surface area contributed by atoms with Gasteiger partial charge in [-0.25, -0.2) is 0 Å². The molecule has 1 nitrogen and oxygen atoms in total. The molecule has 0 spiro atoms. The first-order valence-electron chi connectivity index (χ1n) is 7.34. The third-order valence-corrected chi connectivity index (χ3v) is 4.09. The molecule has 20 heavy (non-hydrogen) atoms. The molecular formula is C19H21N. The highest BCUT2D eigenvalue weighted by molar-refractivity contribution is 5.70. The van der Waals surface area contributed by atoms with E-state index >= 15 is 0 Å². The summed E-state index contributed by atoms with van der Waals surface area (Å²) in [6.07, 6.45) is 12.1. The number of fused-ring (bicyclic) bond motifs is 1. The molecule has 0 atom stereocenters. The lowest BCUT2D eigenvalue weighted by atomic mass is 9.95. The van der Waals surface area contributed by atoms with Crippen LogP contribution in [0.1, 0.15) is 36.8 Å². The van der Waals surface area contributed by atoms with E-state index in [0.29, 0.717) is 0 Å². The van der Waals surface area contributed by atoms with Gasteiger partial charge >= 0.3 is 0 Å². The van der Waals surface area contributed by atoms with Gasteiger partial charge in [-0.3, -0.25) is 0 Å². The summed E-state index contributed by atoms with van der Waals surface area (Å²) < 4.78 is 0. The van der Waals surface area contributed by atoms with Crippen LogP contribution in [0.15, 0.2) is 60.9 Å². The van der Waals surface area contributed by atoms with Crippen molar-refractivity contribution in [1.29, 1.82) is 0 Å². The van der Waals surface area contributed by atoms with Crippen LogP contribution in [0.25, 0.3) is 5.57 Å². The Bertz CT molecular complexity index is 617. The first-order chi connectivity index (χ1) is 9.72. The van der Waals surface area contributed by atoms with E-state index in [1.54, 1.807) is 0 Å². The summed E-state index contributed by atoms with van der Waals surface area (Å²) in [7, 11) is 0. The van der Waals surface area contributed by atoms with Gasteiger partial charge in [-0.2, -0.15) is 0 Å². The quantitative estimate of drug-likeness (QED) is 0.783. The van der Waals surface area contributed by atoms with Gasteiger partial charge in [0.2, 0.25) is 0 Å². The van der Waals surface area contributed by atoms with Gasteiger partial charge in [0.15, 0.2) is 0 Å². The standard InChI is InChI=1S/C19H21N/c1-14(7-9-16-5-3-4-6-16)18-12-11-17-10-8-15(2)20-19(17)13-18/h3,5-6,11-13,20H,1-2,4,7-10H2. The molecular weight excluding hydrogens is 242 g/mol. The van der Waals surface area contributed by atoms with Crippen molar-refractivity contribution in [2.45, 2.75) is 32.1 Å². The van der Waals surface area contributed by atoms with Gasteiger partial charge in [0.25, 0.3) is 0 Å². The molecule has 0 unspecified atom stereocenters. The smallest absolute Gasteiger partial charge is 0.0420 e. The van der Waals surface area contributed by atoms with Gasteiger partial charge in [0.1, 0.15) is 0 Å². The van der Waals surface area contributed by atoms with E-state index in [9.17, 15) is 0 Å². The van der Waals surface area contributed by atoms with E-state index in [4.69, 9.17) is 0 Å². The van der Waals surface area contributed by atoms with E-state index in [0.717, 1.165) is 37.8 Å². The molecule has 1 aliphatic heterocycles. The summed E-state index contributed by atoms with van der Waals surface area (Å²) in [4.78, 5) is 0. The highest BCUT2D eigenvalue weighted by atomic mass is 14.9. The predicted molar refractivity (Wildman–Crippen MR) is 87.6 cm³/mol. The van der Waals surface area contributed by atoms with Crippen molar-refractivity contribution in [3.05, 3.63) is 72.0 Å². The van der Waals surface area contributed by atoms with E-state index in [1.165, 1.54) is 28.0 Å². The fourth-order valence-corrected chi connectivity index (χ4v) is 2.80. The highest BCUT2D eigenvalue weighted by Gasteiger charge is 2.12. The molecule has 1 heteroatoms. The second-order valence-corrected chi connectivity index (χ2v) is 5.62. The lowest BCUT2D eigenvalue weighted by Gasteiger charge is -2.21. The van der Waals surface area contributed by atoms with E-state index in [2.05, 4.69) is 54.9 Å². The Kier molecular flexibility index (Phi) is 3.60. The number of nitrogens with one attached hydrogen (secondary N) is 1. The minimum atomic E-state index is 1.02. The maximum Gasteiger partial charge on any atom is 0.0420 e. The molecule has 3 rings (SSSR count). The molecule has 0 radical (unpaired) electrons. The van der Waals surface area contributed by atoms with Crippen LogP contribution in [-0.4, -0.2) is 0 Å². The number of hydrogen-bond donors (Lipinski definition) is 1. The minimum Gasteiger partial charge on any atom is -0.359 e. The van der Waals surface area contributed by atoms with Gasteiger partial charge < -0.3 is 5.32 Å². The summed E-state index contributed by atoms with van der Waals surface area (Å²) in [5, 5.41) is 3.39. The summed E-state index contributed by atoms with van der Waals surface area (Å²) in [6, 6.07) is 6.65. The van der Waals surface area contributed by atoms with Crippen molar-refractivity contribution in [2.75, 3.05) is 5.32 Å². The number of benzene rings is 1. The lowest BCUT2D eigenvalue weighted by molar-refractivity contribution is 0.918. The molecule has 0 bridgehead atoms. The number of allylic oxidation sites excluding steroid dienone is 6. The Balaban J connectivity index is 1.70. The van der Waals surface area contributed by atoms with Gasteiger partial charge in [-0.1, -0.05) is 49.1 Å². The van der Waals surface area contributed by atoms with Crippen molar-refractivity contribution in [1.82, 2.24) is 0 Å². The monoisotopic (exact) mass is 263 g/mol. The maximum atomic E-state index is 4.25. The van der Waals surface area contributed by atoms with Gasteiger partial charge in [-0.05, 0) is 54.9 Å². The molecule has 0 saturated heterocycles. The highest BCUT2D eigenvalue weighted by Crippen LogP contribution is 2.30. The fourth-order valence-electron chi connectivity index (χ4n) is 2.80. The number of rotatable bonds is 4. The number of anilines is 1. The second-order valence-electron chi connectivity index (χ2n) is 5.62. The summed E-state index contributed by atoms with van der Waals surface area (Å²) in [5.74, 6) is 0. The zero-order chi connectivity index (χ0) is 13.9. The number of hydrogen-bond acceptors (Lipinski definition) is 1. The van der Waals surface area contributed by atoms with Crippen LogP contribution in [-0.2, 0) is 6.42 Å². The van der Waals surface area contributed by atoms with Crippen LogP contribution in [0.5, 0.6) is 0 Å². The Morgan fingerprint density at radius 2 is 2.15 bits per heavy atom. The molecule has 0 fully saturated rings. The van der Waals surface area contributed by atoms with Gasteiger partial charge in [0, 0.05) is 11.4 Å². The first kappa shape index (κ1) is 13.0. The van der Waals surface area contributed by atoms with Crippen LogP contribution in [0, 0.1) is 0 Å². The molecule has 102 valence electrons. The van der Waals surface area contributed by atoms with E-state index in [-0.39, 0.29) is 0 Å². The van der Waals surface area contributed by atoms with Crippen molar-refractivity contribution < 1.29 is 0 Å². The molecule has 1 aliphatic carbocycles. The average molecular weight is 263 g/mol. The fraction of sp³-hybridized carbons (Fsp3) is 0.263. The van der Waals surface area contributed by atoms with Gasteiger partial charge in [-0.15, -0.1) is 0 Å². The van der Waals surface area contributed by atoms with Gasteiger partial charge in [0.05, 0.1) is 0 Å². The maximum absolute atomic E-state index is 4.25. The molecule has 0 saturated carbocycles. The first-order valence-corrected chi connectivity index (χ1v) is 7.34. The molecule has 1 aromatic carbocycles. The second kappa shape index (κ2) is 5.54. The third-order valence-electron chi connectivity index (χ3n) is 4.09. The Hall–Kier alpha value is -2.02. The van der Waals surface area contributed by atoms with Crippen molar-refractivity contribution >= 4 is 11.3 Å². The molecule has 1 N–H and O–H groups in total. The SMILES string of the molecule is C=C1CCc2ccc(C(=C)CCC3=CCC=C3)cc2N1. The van der Waals surface area contributed by atoms with Crippen LogP contribution < -0.4 is 5.32 Å². The lowest BCUT2D eigenvalue weighted by Crippen LogP contribution is -2.09. The molecule has 1 heterocycles. The summed E-state index contributed by atoms with van der Waals surface area (Å²) >= 11 is 0. The van der Waals surface area contributed by atoms with Crippen LogP contribution >= 0.6 is 0 Å². The zero-order valence-corrected chi connectivity index (χ0v) is 11.9. The molecule has 0 amide bonds. The largest absolute Gasteiger partial charge is 0.359 e. The summed E-state index contributed by atoms with van der Waals surface area (Å²) in [6.45, 7) is 8.28. The average Bonchev–Trinajstić information content (AvgIpc) is 2.97. The van der Waals surface area contributed by atoms with E-state index < -0.39 is 0 Å². The molecule has 2 aliphatic rings. The van der Waals surface area contributed by atoms with Crippen molar-refractivity contribution in [3.63, 3.8) is 0 Å². The van der Waals surface area contributed by atoms with Crippen LogP contribution in [0.2, 0.25) is 0 Å². The van der Waals surface area contributed by atoms with Crippen molar-refractivity contribution in [2.24, 2.45) is 0 Å².